The standard InChI is InChI=1S/C19H30N4O/c1-14(2)19-20-16(12-18(24)21-19)13-22-8-10-23(11-9-22)17-7-5-4-6-15(17)3/h4-7,14,16,19-20H,8-13H2,1-3H3,(H,21,24). The first-order valence-electron chi connectivity index (χ1n) is 9.11. The molecular formula is C19H30N4O. The van der Waals surface area contributed by atoms with E-state index in [4.69, 9.17) is 0 Å². The van der Waals surface area contributed by atoms with Gasteiger partial charge in [0.25, 0.3) is 0 Å². The summed E-state index contributed by atoms with van der Waals surface area (Å²) in [6.07, 6.45) is 0.686. The number of hydrogen-bond acceptors (Lipinski definition) is 4. The zero-order valence-electron chi connectivity index (χ0n) is 15.1. The summed E-state index contributed by atoms with van der Waals surface area (Å²) in [5.41, 5.74) is 2.70. The molecule has 1 aromatic carbocycles. The molecule has 5 heteroatoms. The van der Waals surface area contributed by atoms with Crippen LogP contribution in [0.3, 0.4) is 0 Å². The molecule has 0 spiro atoms. The van der Waals surface area contributed by atoms with Crippen LogP contribution in [0.15, 0.2) is 24.3 Å². The highest BCUT2D eigenvalue weighted by Crippen LogP contribution is 2.21. The van der Waals surface area contributed by atoms with Gasteiger partial charge in [-0.1, -0.05) is 32.0 Å². The fourth-order valence-corrected chi connectivity index (χ4v) is 3.69. The van der Waals surface area contributed by atoms with Crippen molar-refractivity contribution in [3.05, 3.63) is 29.8 Å². The lowest BCUT2D eigenvalue weighted by molar-refractivity contribution is -0.125. The van der Waals surface area contributed by atoms with E-state index in [1.54, 1.807) is 0 Å². The van der Waals surface area contributed by atoms with E-state index in [1.165, 1.54) is 11.3 Å². The Bertz CT molecular complexity index is 566. The summed E-state index contributed by atoms with van der Waals surface area (Å²) >= 11 is 0. The Labute approximate surface area is 145 Å². The summed E-state index contributed by atoms with van der Waals surface area (Å²) in [7, 11) is 0. The summed E-state index contributed by atoms with van der Waals surface area (Å²) in [5, 5.41) is 6.64. The lowest BCUT2D eigenvalue weighted by Gasteiger charge is -2.40. The molecule has 2 heterocycles. The van der Waals surface area contributed by atoms with Gasteiger partial charge in [0.15, 0.2) is 0 Å². The number of aryl methyl sites for hydroxylation is 1. The molecule has 0 aromatic heterocycles. The number of nitrogens with zero attached hydrogens (tertiary/aromatic N) is 2. The van der Waals surface area contributed by atoms with Crippen molar-refractivity contribution < 1.29 is 4.79 Å². The van der Waals surface area contributed by atoms with Crippen LogP contribution in [0.2, 0.25) is 0 Å². The molecule has 2 unspecified atom stereocenters. The molecule has 2 aliphatic rings. The van der Waals surface area contributed by atoms with Crippen molar-refractivity contribution in [2.75, 3.05) is 37.6 Å². The number of anilines is 1. The Hall–Kier alpha value is -1.59. The smallest absolute Gasteiger partial charge is 0.222 e. The SMILES string of the molecule is Cc1ccccc1N1CCN(CC2CC(=O)NC(C(C)C)N2)CC1. The van der Waals surface area contributed by atoms with Gasteiger partial charge >= 0.3 is 0 Å². The third-order valence-electron chi connectivity index (χ3n) is 5.14. The van der Waals surface area contributed by atoms with Gasteiger partial charge in [-0.3, -0.25) is 15.0 Å². The quantitative estimate of drug-likeness (QED) is 0.880. The fraction of sp³-hybridized carbons (Fsp3) is 0.632. The Morgan fingerprint density at radius 1 is 1.17 bits per heavy atom. The zero-order valence-corrected chi connectivity index (χ0v) is 15.1. The molecule has 3 rings (SSSR count). The van der Waals surface area contributed by atoms with Crippen LogP contribution in [0.4, 0.5) is 5.69 Å². The second kappa shape index (κ2) is 7.53. The predicted octanol–water partition coefficient (Wildman–Crippen LogP) is 1.58. The summed E-state index contributed by atoms with van der Waals surface area (Å²) in [6.45, 7) is 11.6. The third kappa shape index (κ3) is 4.08. The third-order valence-corrected chi connectivity index (χ3v) is 5.14. The van der Waals surface area contributed by atoms with Crippen LogP contribution in [-0.2, 0) is 4.79 Å². The molecule has 2 fully saturated rings. The van der Waals surface area contributed by atoms with Gasteiger partial charge in [0.1, 0.15) is 0 Å². The number of rotatable bonds is 4. The van der Waals surface area contributed by atoms with Gasteiger partial charge in [-0.15, -0.1) is 0 Å². The molecule has 2 N–H and O–H groups in total. The van der Waals surface area contributed by atoms with E-state index in [1.807, 2.05) is 0 Å². The van der Waals surface area contributed by atoms with Crippen LogP contribution in [0.5, 0.6) is 0 Å². The first kappa shape index (κ1) is 17.2. The molecular weight excluding hydrogens is 300 g/mol. The second-order valence-electron chi connectivity index (χ2n) is 7.43. The normalized spacial score (nSPS) is 25.8. The van der Waals surface area contributed by atoms with Gasteiger partial charge in [0, 0.05) is 50.9 Å². The second-order valence-corrected chi connectivity index (χ2v) is 7.43. The van der Waals surface area contributed by atoms with Gasteiger partial charge in [-0.2, -0.15) is 0 Å². The van der Waals surface area contributed by atoms with Crippen molar-refractivity contribution in [2.45, 2.75) is 39.4 Å². The zero-order chi connectivity index (χ0) is 17.1. The van der Waals surface area contributed by atoms with E-state index < -0.39 is 0 Å². The van der Waals surface area contributed by atoms with E-state index in [9.17, 15) is 4.79 Å². The Morgan fingerprint density at radius 3 is 2.54 bits per heavy atom. The van der Waals surface area contributed by atoms with Crippen molar-refractivity contribution in [3.8, 4) is 0 Å². The van der Waals surface area contributed by atoms with E-state index >= 15 is 0 Å². The number of para-hydroxylation sites is 1. The first-order valence-corrected chi connectivity index (χ1v) is 9.11. The molecule has 0 saturated carbocycles. The molecule has 5 nitrogen and oxygen atoms in total. The van der Waals surface area contributed by atoms with Crippen molar-refractivity contribution in [1.29, 1.82) is 0 Å². The molecule has 2 saturated heterocycles. The number of benzene rings is 1. The molecule has 24 heavy (non-hydrogen) atoms. The average Bonchev–Trinajstić information content (AvgIpc) is 2.55. The van der Waals surface area contributed by atoms with Crippen LogP contribution >= 0.6 is 0 Å². The minimum absolute atomic E-state index is 0.101. The molecule has 0 radical (unpaired) electrons. The predicted molar refractivity (Wildman–Crippen MR) is 98.1 cm³/mol. The Balaban J connectivity index is 1.52. The summed E-state index contributed by atoms with van der Waals surface area (Å²) in [5.74, 6) is 0.589. The number of carbonyl (C=O) groups is 1. The summed E-state index contributed by atoms with van der Waals surface area (Å²) in [6, 6.07) is 8.87. The highest BCUT2D eigenvalue weighted by Gasteiger charge is 2.29. The Morgan fingerprint density at radius 2 is 1.88 bits per heavy atom. The monoisotopic (exact) mass is 330 g/mol. The molecule has 1 amide bonds. The van der Waals surface area contributed by atoms with E-state index in [0.29, 0.717) is 12.3 Å². The minimum atomic E-state index is 0.101. The van der Waals surface area contributed by atoms with Gasteiger partial charge in [-0.05, 0) is 24.5 Å². The lowest BCUT2D eigenvalue weighted by atomic mass is 10.0. The number of carbonyl (C=O) groups excluding carboxylic acids is 1. The number of nitrogens with one attached hydrogen (secondary N) is 2. The number of amides is 1. The highest BCUT2D eigenvalue weighted by molar-refractivity contribution is 5.77. The lowest BCUT2D eigenvalue weighted by Crippen LogP contribution is -2.62. The highest BCUT2D eigenvalue weighted by atomic mass is 16.2. The largest absolute Gasteiger partial charge is 0.369 e. The molecule has 2 atom stereocenters. The maximum absolute atomic E-state index is 11.9. The topological polar surface area (TPSA) is 47.6 Å². The van der Waals surface area contributed by atoms with Gasteiger partial charge in [0.2, 0.25) is 5.91 Å². The van der Waals surface area contributed by atoms with E-state index in [-0.39, 0.29) is 18.1 Å². The number of piperazine rings is 1. The van der Waals surface area contributed by atoms with Crippen LogP contribution in [0, 0.1) is 12.8 Å². The molecule has 0 aliphatic carbocycles. The van der Waals surface area contributed by atoms with Gasteiger partial charge in [-0.25, -0.2) is 0 Å². The first-order chi connectivity index (χ1) is 11.5. The van der Waals surface area contributed by atoms with Crippen molar-refractivity contribution in [2.24, 2.45) is 5.92 Å². The molecule has 2 aliphatic heterocycles. The van der Waals surface area contributed by atoms with Crippen molar-refractivity contribution in [1.82, 2.24) is 15.5 Å². The van der Waals surface area contributed by atoms with Crippen LogP contribution in [0.25, 0.3) is 0 Å². The number of hydrogen-bond donors (Lipinski definition) is 2. The van der Waals surface area contributed by atoms with E-state index in [2.05, 4.69) is 65.5 Å². The van der Waals surface area contributed by atoms with Crippen LogP contribution in [0.1, 0.15) is 25.8 Å². The molecule has 0 bridgehead atoms. The van der Waals surface area contributed by atoms with Gasteiger partial charge < -0.3 is 10.2 Å². The summed E-state index contributed by atoms with van der Waals surface area (Å²) < 4.78 is 0. The van der Waals surface area contributed by atoms with Crippen molar-refractivity contribution in [3.63, 3.8) is 0 Å². The fourth-order valence-electron chi connectivity index (χ4n) is 3.69. The average molecular weight is 330 g/mol. The maximum atomic E-state index is 11.9. The van der Waals surface area contributed by atoms with Crippen molar-refractivity contribution >= 4 is 11.6 Å². The van der Waals surface area contributed by atoms with Crippen LogP contribution < -0.4 is 15.5 Å². The van der Waals surface area contributed by atoms with Crippen LogP contribution in [-0.4, -0.2) is 55.7 Å². The molecule has 1 aromatic rings. The molecule has 132 valence electrons. The minimum Gasteiger partial charge on any atom is -0.369 e. The summed E-state index contributed by atoms with van der Waals surface area (Å²) in [4.78, 5) is 16.9. The maximum Gasteiger partial charge on any atom is 0.222 e. The van der Waals surface area contributed by atoms with Gasteiger partial charge in [0.05, 0.1) is 6.17 Å². The Kier molecular flexibility index (Phi) is 5.41. The van der Waals surface area contributed by atoms with E-state index in [0.717, 1.165) is 32.7 Å².